The third kappa shape index (κ3) is 6.77. The Kier molecular flexibility index (Phi) is 9.25. The monoisotopic (exact) mass is 826 g/mol. The van der Waals surface area contributed by atoms with E-state index in [4.69, 9.17) is 4.98 Å². The molecule has 0 fully saturated rings. The second-order valence-corrected chi connectivity index (χ2v) is 15.2. The summed E-state index contributed by atoms with van der Waals surface area (Å²) in [6, 6.07) is 27.4. The van der Waals surface area contributed by atoms with Gasteiger partial charge in [0.25, 0.3) is 0 Å². The van der Waals surface area contributed by atoms with Crippen molar-refractivity contribution in [1.29, 1.82) is 0 Å². The van der Waals surface area contributed by atoms with Gasteiger partial charge in [0.05, 0.1) is 11.3 Å². The Labute approximate surface area is 301 Å². The molecule has 3 aromatic carbocycles. The Bertz CT molecular complexity index is 2420. The first-order valence-electron chi connectivity index (χ1n) is 16.8. The first-order valence-corrected chi connectivity index (χ1v) is 16.8. The third-order valence-corrected chi connectivity index (χ3v) is 8.65. The van der Waals surface area contributed by atoms with Gasteiger partial charge in [-0.15, -0.1) is 12.1 Å². The van der Waals surface area contributed by atoms with Gasteiger partial charge in [0.1, 0.15) is 0 Å². The maximum absolute atomic E-state index is 5.20. The molecule has 0 aliphatic heterocycles. The van der Waals surface area contributed by atoms with Gasteiger partial charge in [-0.25, -0.2) is 0 Å². The van der Waals surface area contributed by atoms with Crippen molar-refractivity contribution in [3.8, 4) is 11.5 Å². The summed E-state index contributed by atoms with van der Waals surface area (Å²) in [6.07, 6.45) is 5.94. The van der Waals surface area contributed by atoms with Crippen molar-refractivity contribution in [3.63, 3.8) is 0 Å². The molecule has 5 aromatic heterocycles. The minimum absolute atomic E-state index is 0. The predicted octanol–water partition coefficient (Wildman–Crippen LogP) is 9.55. The van der Waals surface area contributed by atoms with E-state index in [1.165, 1.54) is 43.7 Å². The number of aryl methyl sites for hydroxylation is 2. The fourth-order valence-electron chi connectivity index (χ4n) is 6.91. The number of aromatic nitrogens is 7. The van der Waals surface area contributed by atoms with Crippen LogP contribution in [0.5, 0.6) is 0 Å². The van der Waals surface area contributed by atoms with Crippen LogP contribution in [0.25, 0.3) is 60.6 Å². The molecule has 0 unspecified atom stereocenters. The molecule has 0 amide bonds. The van der Waals surface area contributed by atoms with Crippen molar-refractivity contribution in [3.05, 3.63) is 102 Å². The van der Waals surface area contributed by atoms with Crippen LogP contribution in [0.15, 0.2) is 79.1 Å². The van der Waals surface area contributed by atoms with E-state index in [0.717, 1.165) is 41.8 Å². The zero-order valence-corrected chi connectivity index (χ0v) is 32.0. The summed E-state index contributed by atoms with van der Waals surface area (Å²) in [5.41, 5.74) is 8.44. The fourth-order valence-corrected chi connectivity index (χ4v) is 6.91. The number of rotatable bonds is 4. The number of hydrogen-bond donors (Lipinski definition) is 0. The second kappa shape index (κ2) is 13.1. The molecule has 1 radical (unpaired) electrons. The number of hydrogen-bond acceptors (Lipinski definition) is 4. The Morgan fingerprint density at radius 2 is 1.55 bits per heavy atom. The summed E-state index contributed by atoms with van der Waals surface area (Å²) >= 11 is 0. The van der Waals surface area contributed by atoms with Crippen LogP contribution in [-0.4, -0.2) is 29.0 Å². The maximum atomic E-state index is 5.20. The van der Waals surface area contributed by atoms with E-state index in [-0.39, 0.29) is 30.9 Å². The van der Waals surface area contributed by atoms with Crippen molar-refractivity contribution >= 4 is 49.1 Å². The van der Waals surface area contributed by atoms with Crippen LogP contribution >= 0.6 is 0 Å². The third-order valence-electron chi connectivity index (χ3n) is 8.65. The zero-order chi connectivity index (χ0) is 33.8. The topological polar surface area (TPSA) is 75.0 Å². The number of para-hydroxylation sites is 1. The molecule has 7 nitrogen and oxygen atoms in total. The molecular weight excluding hydrogens is 783 g/mol. The van der Waals surface area contributed by atoms with Crippen molar-refractivity contribution in [1.82, 2.24) is 34.1 Å². The molecule has 8 aromatic rings. The van der Waals surface area contributed by atoms with Gasteiger partial charge in [0.2, 0.25) is 0 Å². The smallest absolute Gasteiger partial charge is 0.0634 e. The van der Waals surface area contributed by atoms with Crippen LogP contribution < -0.4 is 5.10 Å². The molecule has 49 heavy (non-hydrogen) atoms. The van der Waals surface area contributed by atoms with E-state index in [2.05, 4.69) is 138 Å². The molecule has 253 valence electrons. The van der Waals surface area contributed by atoms with Gasteiger partial charge in [0, 0.05) is 61.6 Å². The van der Waals surface area contributed by atoms with Gasteiger partial charge in [-0.05, 0) is 89.5 Å². The summed E-state index contributed by atoms with van der Waals surface area (Å²) < 4.78 is 4.73. The average Bonchev–Trinajstić information content (AvgIpc) is 3.75. The van der Waals surface area contributed by atoms with Crippen LogP contribution in [0.3, 0.4) is 0 Å². The number of pyridine rings is 2. The normalized spacial score (nSPS) is 12.2. The molecule has 8 heteroatoms. The molecular formula is C41H43IrN7-2. The number of fused-ring (bicyclic) bond motifs is 10. The molecule has 0 N–H and O–H groups in total. The summed E-state index contributed by atoms with van der Waals surface area (Å²) in [4.78, 5) is 13.4. The van der Waals surface area contributed by atoms with Crippen LogP contribution in [0.4, 0.5) is 0 Å². The van der Waals surface area contributed by atoms with Gasteiger partial charge in [-0.1, -0.05) is 94.1 Å². The van der Waals surface area contributed by atoms with Crippen LogP contribution in [-0.2, 0) is 39.5 Å². The molecule has 0 saturated heterocycles. The van der Waals surface area contributed by atoms with Gasteiger partial charge in [0.15, 0.2) is 0 Å². The zero-order valence-electron chi connectivity index (χ0n) is 29.6. The van der Waals surface area contributed by atoms with Crippen molar-refractivity contribution in [2.45, 2.75) is 74.8 Å². The Hall–Kier alpha value is -4.39. The standard InChI is InChI=1S/C33H36N3.C8H7N4.Ir/c1-8-35-26-12-10-9-11-23(26)30-28(35)16-14-24-29(30)25-17-21(18-32(2,3)4)13-15-27(25)36-20-22(34-31(24)36)19-33(5,6)7;1-6-10-8(12-11-6)7-4-2-3-5-9-7;/h9-13,15-17,20H,8,18-19H2,1-7H3;2-5H,1H3;/q2*-1;. The van der Waals surface area contributed by atoms with Crippen LogP contribution in [0.1, 0.15) is 65.5 Å². The first kappa shape index (κ1) is 34.5. The van der Waals surface area contributed by atoms with E-state index in [1.54, 1.807) is 13.1 Å². The van der Waals surface area contributed by atoms with Crippen molar-refractivity contribution < 1.29 is 20.1 Å². The molecule has 0 atom stereocenters. The van der Waals surface area contributed by atoms with Gasteiger partial charge in [-0.3, -0.25) is 15.1 Å². The molecule has 5 heterocycles. The average molecular weight is 826 g/mol. The summed E-state index contributed by atoms with van der Waals surface area (Å²) in [6.45, 7) is 18.7. The molecule has 0 saturated carbocycles. The van der Waals surface area contributed by atoms with E-state index >= 15 is 0 Å². The predicted molar refractivity (Wildman–Crippen MR) is 197 cm³/mol. The largest absolute Gasteiger partial charge is 0.421 e. The number of benzene rings is 3. The minimum atomic E-state index is 0. The van der Waals surface area contributed by atoms with Gasteiger partial charge in [-0.2, -0.15) is 0 Å². The molecule has 0 bridgehead atoms. The first-order chi connectivity index (χ1) is 22.9. The second-order valence-electron chi connectivity index (χ2n) is 15.2. The number of nitrogens with zero attached hydrogens (tertiary/aromatic N) is 7. The maximum Gasteiger partial charge on any atom is 0.0634 e. The van der Waals surface area contributed by atoms with E-state index in [1.807, 2.05) is 18.2 Å². The Morgan fingerprint density at radius 3 is 2.22 bits per heavy atom. The Balaban J connectivity index is 0.000000270. The van der Waals surface area contributed by atoms with E-state index in [0.29, 0.717) is 11.6 Å². The molecule has 0 aliphatic rings. The minimum Gasteiger partial charge on any atom is -0.421 e. The number of imidazole rings is 1. The molecule has 8 rings (SSSR count). The Morgan fingerprint density at radius 1 is 0.796 bits per heavy atom. The molecule has 0 spiro atoms. The van der Waals surface area contributed by atoms with Gasteiger partial charge >= 0.3 is 0 Å². The SMILES string of the molecule is CCn1c2ccccc2c2c3c([c-]cc21)c1nc(CC(C)(C)C)cn1c1ccc(CC(C)(C)C)cc31.Cc1n[n-]c(-c2ccccn2)n1.[Ir]. The van der Waals surface area contributed by atoms with E-state index in [9.17, 15) is 0 Å². The summed E-state index contributed by atoms with van der Waals surface area (Å²) in [5.74, 6) is 1.27. The summed E-state index contributed by atoms with van der Waals surface area (Å²) in [7, 11) is 0. The quantitative estimate of drug-likeness (QED) is 0.131. The molecule has 0 aliphatic carbocycles. The van der Waals surface area contributed by atoms with Crippen molar-refractivity contribution in [2.24, 2.45) is 10.8 Å². The van der Waals surface area contributed by atoms with Crippen LogP contribution in [0, 0.1) is 23.8 Å². The van der Waals surface area contributed by atoms with Crippen molar-refractivity contribution in [2.75, 3.05) is 0 Å². The van der Waals surface area contributed by atoms with Crippen LogP contribution in [0.2, 0.25) is 0 Å². The van der Waals surface area contributed by atoms with Gasteiger partial charge < -0.3 is 19.1 Å². The summed E-state index contributed by atoms with van der Waals surface area (Å²) in [5, 5.41) is 14.0. The van der Waals surface area contributed by atoms with E-state index < -0.39 is 0 Å². The fraction of sp³-hybridized carbons (Fsp3) is 0.317.